The number of hydrogen-bond acceptors (Lipinski definition) is 4. The highest BCUT2D eigenvalue weighted by atomic mass is 35.5. The number of carbonyl (C=O) groups is 2. The van der Waals surface area contributed by atoms with Crippen LogP contribution in [-0.2, 0) is 22.5 Å². The number of benzene rings is 2. The summed E-state index contributed by atoms with van der Waals surface area (Å²) in [4.78, 5) is 26.8. The molecule has 0 radical (unpaired) electrons. The molecule has 1 atom stereocenters. The van der Waals surface area contributed by atoms with Gasteiger partial charge in [0.2, 0.25) is 0 Å². The maximum absolute atomic E-state index is 12.7. The lowest BCUT2D eigenvalue weighted by Crippen LogP contribution is -2.42. The fourth-order valence-electron chi connectivity index (χ4n) is 3.06. The van der Waals surface area contributed by atoms with E-state index in [0.717, 1.165) is 12.0 Å². The van der Waals surface area contributed by atoms with Crippen molar-refractivity contribution in [1.29, 1.82) is 0 Å². The van der Waals surface area contributed by atoms with E-state index in [9.17, 15) is 9.59 Å². The van der Waals surface area contributed by atoms with E-state index in [1.807, 2.05) is 18.2 Å². The zero-order valence-corrected chi connectivity index (χ0v) is 15.5. The van der Waals surface area contributed by atoms with Crippen LogP contribution in [0.5, 0.6) is 5.75 Å². The molecule has 6 heteroatoms. The molecule has 0 saturated carbocycles. The molecule has 0 N–H and O–H groups in total. The van der Waals surface area contributed by atoms with E-state index >= 15 is 0 Å². The number of carbonyl (C=O) groups excluding carboxylic acids is 2. The maximum Gasteiger partial charge on any atom is 0.342 e. The Morgan fingerprint density at radius 3 is 2.62 bits per heavy atom. The number of fused-ring (bicyclic) bond motifs is 1. The third-order valence-corrected chi connectivity index (χ3v) is 4.69. The van der Waals surface area contributed by atoms with Crippen molar-refractivity contribution >= 4 is 23.5 Å². The zero-order chi connectivity index (χ0) is 18.7. The number of hydrogen-bond donors (Lipinski definition) is 0. The summed E-state index contributed by atoms with van der Waals surface area (Å²) in [6, 6.07) is 12.7. The summed E-state index contributed by atoms with van der Waals surface area (Å²) in [5, 5.41) is 0.393. The van der Waals surface area contributed by atoms with Crippen LogP contribution in [0.15, 0.2) is 42.5 Å². The van der Waals surface area contributed by atoms with E-state index in [2.05, 4.69) is 6.07 Å². The molecule has 1 aliphatic rings. The second kappa shape index (κ2) is 7.79. The van der Waals surface area contributed by atoms with Crippen LogP contribution in [0, 0.1) is 0 Å². The Labute approximate surface area is 157 Å². The van der Waals surface area contributed by atoms with Crippen molar-refractivity contribution in [2.45, 2.75) is 26.0 Å². The van der Waals surface area contributed by atoms with Gasteiger partial charge < -0.3 is 14.4 Å². The third-order valence-electron chi connectivity index (χ3n) is 4.46. The number of ether oxygens (including phenoxy) is 2. The molecule has 0 aliphatic carbocycles. The average molecular weight is 374 g/mol. The summed E-state index contributed by atoms with van der Waals surface area (Å²) in [5.74, 6) is -0.498. The lowest BCUT2D eigenvalue weighted by atomic mass is 9.99. The van der Waals surface area contributed by atoms with Gasteiger partial charge in [-0.3, -0.25) is 4.79 Å². The van der Waals surface area contributed by atoms with Crippen LogP contribution in [0.4, 0.5) is 0 Å². The van der Waals surface area contributed by atoms with Gasteiger partial charge in [-0.05, 0) is 42.7 Å². The minimum Gasteiger partial charge on any atom is -0.496 e. The summed E-state index contributed by atoms with van der Waals surface area (Å²) < 4.78 is 10.5. The van der Waals surface area contributed by atoms with Gasteiger partial charge in [-0.1, -0.05) is 35.9 Å². The van der Waals surface area contributed by atoms with Crippen molar-refractivity contribution in [2.24, 2.45) is 0 Å². The van der Waals surface area contributed by atoms with Gasteiger partial charge in [0.05, 0.1) is 7.11 Å². The monoisotopic (exact) mass is 373 g/mol. The van der Waals surface area contributed by atoms with E-state index in [-0.39, 0.29) is 11.5 Å². The van der Waals surface area contributed by atoms with Gasteiger partial charge in [-0.15, -0.1) is 0 Å². The summed E-state index contributed by atoms with van der Waals surface area (Å²) in [6.45, 7) is 2.72. The normalized spacial score (nSPS) is 14.3. The Kier molecular flexibility index (Phi) is 5.47. The van der Waals surface area contributed by atoms with Crippen molar-refractivity contribution in [3.05, 3.63) is 64.2 Å². The third kappa shape index (κ3) is 3.83. The number of nitrogens with zero attached hydrogens (tertiary/aromatic N) is 1. The molecule has 0 bridgehead atoms. The molecule has 1 aliphatic heterocycles. The van der Waals surface area contributed by atoms with Crippen molar-refractivity contribution in [1.82, 2.24) is 4.90 Å². The van der Waals surface area contributed by atoms with E-state index in [4.69, 9.17) is 21.1 Å². The largest absolute Gasteiger partial charge is 0.496 e. The van der Waals surface area contributed by atoms with Gasteiger partial charge in [-0.25, -0.2) is 4.79 Å². The Balaban J connectivity index is 1.68. The number of methoxy groups -OCH3 is 1. The molecule has 2 aromatic carbocycles. The number of halogens is 1. The number of amides is 1. The van der Waals surface area contributed by atoms with E-state index in [0.29, 0.717) is 23.9 Å². The molecule has 5 nitrogen and oxygen atoms in total. The Morgan fingerprint density at radius 2 is 1.88 bits per heavy atom. The van der Waals surface area contributed by atoms with Gasteiger partial charge >= 0.3 is 5.97 Å². The minimum atomic E-state index is -0.892. The van der Waals surface area contributed by atoms with Crippen molar-refractivity contribution in [3.63, 3.8) is 0 Å². The molecule has 0 unspecified atom stereocenters. The van der Waals surface area contributed by atoms with Gasteiger partial charge in [0.25, 0.3) is 5.91 Å². The second-order valence-electron chi connectivity index (χ2n) is 6.17. The highest BCUT2D eigenvalue weighted by Crippen LogP contribution is 2.24. The molecular weight excluding hydrogens is 354 g/mol. The average Bonchev–Trinajstić information content (AvgIpc) is 2.66. The first-order valence-electron chi connectivity index (χ1n) is 8.39. The molecule has 2 aromatic rings. The molecule has 0 aromatic heterocycles. The second-order valence-corrected chi connectivity index (χ2v) is 6.61. The van der Waals surface area contributed by atoms with Gasteiger partial charge in [0.1, 0.15) is 11.3 Å². The van der Waals surface area contributed by atoms with Gasteiger partial charge in [0.15, 0.2) is 6.10 Å². The lowest BCUT2D eigenvalue weighted by Gasteiger charge is -2.30. The Bertz CT molecular complexity index is 836. The predicted octanol–water partition coefficient (Wildman–Crippen LogP) is 3.48. The standard InChI is InChI=1S/C20H20ClNO4/c1-13(26-20(24)17-11-16(21)7-8-18(17)25-2)19(23)22-10-9-14-5-3-4-6-15(14)12-22/h3-8,11,13H,9-10,12H2,1-2H3/t13-/m0/s1. The first-order valence-corrected chi connectivity index (χ1v) is 8.77. The van der Waals surface area contributed by atoms with Crippen LogP contribution in [0.3, 0.4) is 0 Å². The van der Waals surface area contributed by atoms with Crippen molar-refractivity contribution in [3.8, 4) is 5.75 Å². The molecule has 3 rings (SSSR count). The minimum absolute atomic E-state index is 0.198. The quantitative estimate of drug-likeness (QED) is 0.770. The van der Waals surface area contributed by atoms with Gasteiger partial charge in [0, 0.05) is 18.1 Å². The number of rotatable bonds is 4. The summed E-state index contributed by atoms with van der Waals surface area (Å²) in [7, 11) is 1.46. The Hall–Kier alpha value is -2.53. The Morgan fingerprint density at radius 1 is 1.15 bits per heavy atom. The molecule has 1 amide bonds. The molecule has 0 fully saturated rings. The van der Waals surface area contributed by atoms with Crippen molar-refractivity contribution < 1.29 is 19.1 Å². The number of esters is 1. The van der Waals surface area contributed by atoms with Crippen LogP contribution < -0.4 is 4.74 Å². The molecule has 0 saturated heterocycles. The van der Waals surface area contributed by atoms with Crippen LogP contribution in [0.1, 0.15) is 28.4 Å². The highest BCUT2D eigenvalue weighted by Gasteiger charge is 2.28. The lowest BCUT2D eigenvalue weighted by molar-refractivity contribution is -0.140. The molecule has 136 valence electrons. The molecular formula is C20H20ClNO4. The SMILES string of the molecule is COc1ccc(Cl)cc1C(=O)O[C@@H](C)C(=O)N1CCc2ccccc2C1. The van der Waals surface area contributed by atoms with Gasteiger partial charge in [-0.2, -0.15) is 0 Å². The topological polar surface area (TPSA) is 55.8 Å². The van der Waals surface area contributed by atoms with Crippen molar-refractivity contribution in [2.75, 3.05) is 13.7 Å². The molecule has 26 heavy (non-hydrogen) atoms. The van der Waals surface area contributed by atoms with Crippen LogP contribution in [-0.4, -0.2) is 36.5 Å². The van der Waals surface area contributed by atoms with Crippen LogP contribution >= 0.6 is 11.6 Å². The van der Waals surface area contributed by atoms with E-state index in [1.165, 1.54) is 18.7 Å². The van der Waals surface area contributed by atoms with Crippen LogP contribution in [0.25, 0.3) is 0 Å². The van der Waals surface area contributed by atoms with Crippen LogP contribution in [0.2, 0.25) is 5.02 Å². The predicted molar refractivity (Wildman–Crippen MR) is 98.4 cm³/mol. The fraction of sp³-hybridized carbons (Fsp3) is 0.300. The van der Waals surface area contributed by atoms with E-state index in [1.54, 1.807) is 24.0 Å². The highest BCUT2D eigenvalue weighted by molar-refractivity contribution is 6.31. The smallest absolute Gasteiger partial charge is 0.342 e. The maximum atomic E-state index is 12.7. The first-order chi connectivity index (χ1) is 12.5. The molecule has 0 spiro atoms. The first kappa shape index (κ1) is 18.3. The zero-order valence-electron chi connectivity index (χ0n) is 14.7. The van der Waals surface area contributed by atoms with E-state index < -0.39 is 12.1 Å². The fourth-order valence-corrected chi connectivity index (χ4v) is 3.23. The summed E-state index contributed by atoms with van der Waals surface area (Å²) in [6.07, 6.45) is -0.0959. The molecule has 1 heterocycles. The summed E-state index contributed by atoms with van der Waals surface area (Å²) >= 11 is 5.95. The summed E-state index contributed by atoms with van der Waals surface area (Å²) in [5.41, 5.74) is 2.58.